The molecule has 0 aliphatic carbocycles. The van der Waals surface area contributed by atoms with Crippen molar-refractivity contribution < 1.29 is 0 Å². The van der Waals surface area contributed by atoms with E-state index in [1.54, 1.807) is 0 Å². The van der Waals surface area contributed by atoms with Gasteiger partial charge in [-0.1, -0.05) is 13.8 Å². The molecule has 0 bridgehead atoms. The standard InChI is InChI=1S/C13H30N2/c1-6-12(3)14-10-8-9-11-15(5)13(4)7-2/h12-14H,6-11H2,1-5H3/t12-,13?/m1/s1. The lowest BCUT2D eigenvalue weighted by atomic mass is 10.2. The Hall–Kier alpha value is -0.0800. The molecule has 2 nitrogen and oxygen atoms in total. The topological polar surface area (TPSA) is 15.3 Å². The van der Waals surface area contributed by atoms with Gasteiger partial charge in [-0.3, -0.25) is 0 Å². The van der Waals surface area contributed by atoms with E-state index in [2.05, 4.69) is 45.0 Å². The van der Waals surface area contributed by atoms with Crippen molar-refractivity contribution in [3.8, 4) is 0 Å². The Morgan fingerprint density at radius 1 is 1.07 bits per heavy atom. The van der Waals surface area contributed by atoms with E-state index in [0.29, 0.717) is 6.04 Å². The van der Waals surface area contributed by atoms with Crippen LogP contribution in [0.2, 0.25) is 0 Å². The van der Waals surface area contributed by atoms with E-state index in [9.17, 15) is 0 Å². The molecule has 0 saturated heterocycles. The van der Waals surface area contributed by atoms with E-state index in [4.69, 9.17) is 0 Å². The Kier molecular flexibility index (Phi) is 9.12. The van der Waals surface area contributed by atoms with Crippen molar-refractivity contribution in [1.29, 1.82) is 0 Å². The summed E-state index contributed by atoms with van der Waals surface area (Å²) < 4.78 is 0. The average molecular weight is 214 g/mol. The maximum Gasteiger partial charge on any atom is 0.00612 e. The Morgan fingerprint density at radius 2 is 1.73 bits per heavy atom. The van der Waals surface area contributed by atoms with Gasteiger partial charge < -0.3 is 10.2 Å². The molecule has 0 amide bonds. The summed E-state index contributed by atoms with van der Waals surface area (Å²) in [6, 6.07) is 1.41. The molecule has 0 fully saturated rings. The van der Waals surface area contributed by atoms with Gasteiger partial charge in [0.15, 0.2) is 0 Å². The maximum atomic E-state index is 3.53. The largest absolute Gasteiger partial charge is 0.314 e. The van der Waals surface area contributed by atoms with Crippen LogP contribution in [0.15, 0.2) is 0 Å². The first-order valence-electron chi connectivity index (χ1n) is 6.55. The van der Waals surface area contributed by atoms with Crippen molar-refractivity contribution in [2.45, 2.75) is 65.5 Å². The normalized spacial score (nSPS) is 15.6. The van der Waals surface area contributed by atoms with Crippen molar-refractivity contribution in [3.05, 3.63) is 0 Å². The number of unbranched alkanes of at least 4 members (excludes halogenated alkanes) is 1. The molecular weight excluding hydrogens is 184 g/mol. The summed E-state index contributed by atoms with van der Waals surface area (Å²) in [5.74, 6) is 0. The second kappa shape index (κ2) is 9.17. The predicted molar refractivity (Wildman–Crippen MR) is 69.4 cm³/mol. The van der Waals surface area contributed by atoms with Crippen molar-refractivity contribution in [1.82, 2.24) is 10.2 Å². The Morgan fingerprint density at radius 3 is 2.27 bits per heavy atom. The van der Waals surface area contributed by atoms with Gasteiger partial charge in [-0.15, -0.1) is 0 Å². The summed E-state index contributed by atoms with van der Waals surface area (Å²) in [6.07, 6.45) is 5.09. The molecule has 15 heavy (non-hydrogen) atoms. The van der Waals surface area contributed by atoms with Crippen LogP contribution in [0.25, 0.3) is 0 Å². The van der Waals surface area contributed by atoms with E-state index >= 15 is 0 Å². The van der Waals surface area contributed by atoms with E-state index in [1.165, 1.54) is 38.8 Å². The minimum atomic E-state index is 0.678. The number of nitrogens with one attached hydrogen (secondary N) is 1. The highest BCUT2D eigenvalue weighted by Gasteiger charge is 2.05. The molecule has 0 aromatic heterocycles. The Balaban J connectivity index is 3.30. The van der Waals surface area contributed by atoms with Crippen molar-refractivity contribution in [3.63, 3.8) is 0 Å². The fourth-order valence-electron chi connectivity index (χ4n) is 1.51. The lowest BCUT2D eigenvalue weighted by molar-refractivity contribution is 0.246. The number of hydrogen-bond donors (Lipinski definition) is 1. The molecule has 0 aromatic rings. The molecule has 2 heteroatoms. The highest BCUT2D eigenvalue weighted by molar-refractivity contribution is 4.62. The van der Waals surface area contributed by atoms with E-state index < -0.39 is 0 Å². The van der Waals surface area contributed by atoms with E-state index in [0.717, 1.165) is 6.04 Å². The monoisotopic (exact) mass is 214 g/mol. The Bertz CT molecular complexity index is 136. The van der Waals surface area contributed by atoms with Crippen LogP contribution in [0.4, 0.5) is 0 Å². The summed E-state index contributed by atoms with van der Waals surface area (Å²) in [7, 11) is 2.23. The number of hydrogen-bond acceptors (Lipinski definition) is 2. The van der Waals surface area contributed by atoms with Gasteiger partial charge >= 0.3 is 0 Å². The summed E-state index contributed by atoms with van der Waals surface area (Å²) in [5, 5.41) is 3.53. The van der Waals surface area contributed by atoms with Crippen molar-refractivity contribution in [2.75, 3.05) is 20.1 Å². The van der Waals surface area contributed by atoms with Gasteiger partial charge in [0.2, 0.25) is 0 Å². The Labute approximate surface area is 96.4 Å². The van der Waals surface area contributed by atoms with Crippen LogP contribution in [0, 0.1) is 0 Å². The molecule has 0 spiro atoms. The summed E-state index contributed by atoms with van der Waals surface area (Å²) in [6.45, 7) is 11.4. The molecular formula is C13H30N2. The van der Waals surface area contributed by atoms with Crippen LogP contribution in [-0.4, -0.2) is 37.1 Å². The highest BCUT2D eigenvalue weighted by atomic mass is 15.1. The van der Waals surface area contributed by atoms with Crippen LogP contribution < -0.4 is 5.32 Å². The van der Waals surface area contributed by atoms with Gasteiger partial charge in [0.25, 0.3) is 0 Å². The molecule has 1 unspecified atom stereocenters. The lowest BCUT2D eigenvalue weighted by Crippen LogP contribution is -2.30. The maximum absolute atomic E-state index is 3.53. The summed E-state index contributed by atoms with van der Waals surface area (Å²) >= 11 is 0. The molecule has 0 aliphatic rings. The van der Waals surface area contributed by atoms with Gasteiger partial charge in [0, 0.05) is 12.1 Å². The lowest BCUT2D eigenvalue weighted by Gasteiger charge is -2.23. The molecule has 0 heterocycles. The third-order valence-electron chi connectivity index (χ3n) is 3.39. The first-order chi connectivity index (χ1) is 7.11. The first-order valence-corrected chi connectivity index (χ1v) is 6.55. The molecule has 92 valence electrons. The average Bonchev–Trinajstić information content (AvgIpc) is 2.26. The van der Waals surface area contributed by atoms with Crippen LogP contribution in [0.5, 0.6) is 0 Å². The van der Waals surface area contributed by atoms with Gasteiger partial charge in [0.05, 0.1) is 0 Å². The fraction of sp³-hybridized carbons (Fsp3) is 1.00. The zero-order valence-electron chi connectivity index (χ0n) is 11.3. The second-order valence-corrected chi connectivity index (χ2v) is 4.71. The van der Waals surface area contributed by atoms with Crippen LogP contribution >= 0.6 is 0 Å². The third kappa shape index (κ3) is 7.80. The van der Waals surface area contributed by atoms with Gasteiger partial charge in [-0.05, 0) is 59.7 Å². The van der Waals surface area contributed by atoms with Gasteiger partial charge in [0.1, 0.15) is 0 Å². The number of nitrogens with zero attached hydrogens (tertiary/aromatic N) is 1. The molecule has 0 aliphatic heterocycles. The smallest absolute Gasteiger partial charge is 0.00612 e. The van der Waals surface area contributed by atoms with E-state index in [1.807, 2.05) is 0 Å². The minimum Gasteiger partial charge on any atom is -0.314 e. The molecule has 0 radical (unpaired) electrons. The SMILES string of the molecule is CCC(C)N(C)CCCCN[C@H](C)CC. The van der Waals surface area contributed by atoms with Gasteiger partial charge in [-0.2, -0.15) is 0 Å². The van der Waals surface area contributed by atoms with Crippen LogP contribution in [0.1, 0.15) is 53.4 Å². The zero-order chi connectivity index (χ0) is 11.7. The molecule has 1 N–H and O–H groups in total. The minimum absolute atomic E-state index is 0.678. The van der Waals surface area contributed by atoms with Crippen molar-refractivity contribution >= 4 is 0 Å². The molecule has 0 saturated carbocycles. The van der Waals surface area contributed by atoms with Crippen LogP contribution in [-0.2, 0) is 0 Å². The van der Waals surface area contributed by atoms with Gasteiger partial charge in [-0.25, -0.2) is 0 Å². The van der Waals surface area contributed by atoms with Crippen molar-refractivity contribution in [2.24, 2.45) is 0 Å². The fourth-order valence-corrected chi connectivity index (χ4v) is 1.51. The quantitative estimate of drug-likeness (QED) is 0.594. The van der Waals surface area contributed by atoms with E-state index in [-0.39, 0.29) is 0 Å². The van der Waals surface area contributed by atoms with Crippen LogP contribution in [0.3, 0.4) is 0 Å². The zero-order valence-corrected chi connectivity index (χ0v) is 11.3. The summed E-state index contributed by atoms with van der Waals surface area (Å²) in [4.78, 5) is 2.46. The summed E-state index contributed by atoms with van der Waals surface area (Å²) in [5.41, 5.74) is 0. The molecule has 0 rings (SSSR count). The molecule has 2 atom stereocenters. The first kappa shape index (κ1) is 14.9. The number of rotatable bonds is 9. The molecule has 0 aromatic carbocycles. The highest BCUT2D eigenvalue weighted by Crippen LogP contribution is 2.02. The third-order valence-corrected chi connectivity index (χ3v) is 3.39. The predicted octanol–water partition coefficient (Wildman–Crippen LogP) is 2.89. The second-order valence-electron chi connectivity index (χ2n) is 4.71.